The van der Waals surface area contributed by atoms with Crippen molar-refractivity contribution in [2.75, 3.05) is 29.6 Å². The van der Waals surface area contributed by atoms with Gasteiger partial charge in [0.15, 0.2) is 0 Å². The lowest BCUT2D eigenvalue weighted by molar-refractivity contribution is -0.115. The monoisotopic (exact) mass is 381 g/mol. The predicted molar refractivity (Wildman–Crippen MR) is 101 cm³/mol. The van der Waals surface area contributed by atoms with Crippen LogP contribution in [0, 0.1) is 0 Å². The number of benzene rings is 2. The third-order valence-electron chi connectivity index (χ3n) is 3.16. The number of nitrogens with one attached hydrogen (secondary N) is 3. The molecule has 0 saturated carbocycles. The molecule has 0 heterocycles. The second kappa shape index (κ2) is 8.60. The first kappa shape index (κ1) is 18.9. The first-order chi connectivity index (χ1) is 11.9. The van der Waals surface area contributed by atoms with E-state index in [0.29, 0.717) is 32.9 Å². The van der Waals surface area contributed by atoms with Gasteiger partial charge in [0.2, 0.25) is 11.8 Å². The van der Waals surface area contributed by atoms with Gasteiger partial charge in [0.25, 0.3) is 0 Å². The number of hydrogen-bond acceptors (Lipinski definition) is 4. The fourth-order valence-electron chi connectivity index (χ4n) is 2.09. The van der Waals surface area contributed by atoms with Crippen molar-refractivity contribution in [1.82, 2.24) is 0 Å². The Labute approximate surface area is 155 Å². The molecule has 0 spiro atoms. The summed E-state index contributed by atoms with van der Waals surface area (Å²) in [6, 6.07) is 9.89. The normalized spacial score (nSPS) is 10.1. The van der Waals surface area contributed by atoms with E-state index in [-0.39, 0.29) is 18.4 Å². The third kappa shape index (κ3) is 5.55. The number of hydrogen-bond donors (Lipinski definition) is 3. The molecule has 2 aromatic carbocycles. The van der Waals surface area contributed by atoms with Gasteiger partial charge in [-0.05, 0) is 36.4 Å². The molecular weight excluding hydrogens is 365 g/mol. The molecule has 2 amide bonds. The van der Waals surface area contributed by atoms with E-state index in [0.717, 1.165) is 0 Å². The molecule has 0 aliphatic rings. The number of ether oxygens (including phenoxy) is 1. The van der Waals surface area contributed by atoms with Crippen LogP contribution in [0.1, 0.15) is 6.92 Å². The summed E-state index contributed by atoms with van der Waals surface area (Å²) in [6.45, 7) is 1.39. The molecule has 0 unspecified atom stereocenters. The number of rotatable bonds is 6. The van der Waals surface area contributed by atoms with Gasteiger partial charge in [0.1, 0.15) is 5.75 Å². The van der Waals surface area contributed by atoms with Gasteiger partial charge in [0, 0.05) is 17.6 Å². The highest BCUT2D eigenvalue weighted by atomic mass is 35.5. The number of carbonyl (C=O) groups is 2. The Bertz CT molecular complexity index is 797. The summed E-state index contributed by atoms with van der Waals surface area (Å²) in [4.78, 5) is 23.3. The first-order valence-corrected chi connectivity index (χ1v) is 8.09. The van der Waals surface area contributed by atoms with E-state index in [1.165, 1.54) is 14.0 Å². The van der Waals surface area contributed by atoms with Crippen LogP contribution in [0.5, 0.6) is 5.75 Å². The smallest absolute Gasteiger partial charge is 0.243 e. The van der Waals surface area contributed by atoms with E-state index in [1.807, 2.05) is 0 Å². The summed E-state index contributed by atoms with van der Waals surface area (Å²) in [5.74, 6) is 0.0447. The van der Waals surface area contributed by atoms with E-state index in [1.54, 1.807) is 36.4 Å². The van der Waals surface area contributed by atoms with Crippen LogP contribution in [0.25, 0.3) is 0 Å². The molecule has 0 saturated heterocycles. The van der Waals surface area contributed by atoms with E-state index in [2.05, 4.69) is 16.0 Å². The zero-order valence-electron chi connectivity index (χ0n) is 13.7. The molecule has 2 rings (SSSR count). The van der Waals surface area contributed by atoms with Gasteiger partial charge in [-0.25, -0.2) is 0 Å². The van der Waals surface area contributed by atoms with Gasteiger partial charge in [-0.2, -0.15) is 0 Å². The lowest BCUT2D eigenvalue weighted by atomic mass is 10.2. The van der Waals surface area contributed by atoms with Gasteiger partial charge in [-0.3, -0.25) is 9.59 Å². The fourth-order valence-corrected chi connectivity index (χ4v) is 2.43. The molecule has 3 N–H and O–H groups in total. The Morgan fingerprint density at radius 2 is 1.80 bits per heavy atom. The highest BCUT2D eigenvalue weighted by Gasteiger charge is 2.10. The van der Waals surface area contributed by atoms with E-state index < -0.39 is 0 Å². The average Bonchev–Trinajstić information content (AvgIpc) is 2.56. The molecule has 0 bridgehead atoms. The Hall–Kier alpha value is -2.44. The van der Waals surface area contributed by atoms with Crippen molar-refractivity contribution in [2.24, 2.45) is 0 Å². The molecule has 0 aliphatic carbocycles. The van der Waals surface area contributed by atoms with Crippen LogP contribution in [-0.2, 0) is 9.59 Å². The molecule has 8 heteroatoms. The molecule has 6 nitrogen and oxygen atoms in total. The summed E-state index contributed by atoms with van der Waals surface area (Å²) in [5.41, 5.74) is 1.59. The van der Waals surface area contributed by atoms with Crippen molar-refractivity contribution in [3.05, 3.63) is 46.4 Å². The maximum atomic E-state index is 12.1. The van der Waals surface area contributed by atoms with Gasteiger partial charge in [-0.1, -0.05) is 23.2 Å². The molecule has 0 atom stereocenters. The van der Waals surface area contributed by atoms with Crippen molar-refractivity contribution < 1.29 is 14.3 Å². The molecule has 0 fully saturated rings. The van der Waals surface area contributed by atoms with Crippen molar-refractivity contribution in [3.63, 3.8) is 0 Å². The molecule has 2 aromatic rings. The quantitative estimate of drug-likeness (QED) is 0.705. The van der Waals surface area contributed by atoms with Crippen LogP contribution in [0.4, 0.5) is 17.1 Å². The predicted octanol–water partition coefficient (Wildman–Crippen LogP) is 4.01. The summed E-state index contributed by atoms with van der Waals surface area (Å²) >= 11 is 11.9. The first-order valence-electron chi connectivity index (χ1n) is 7.33. The van der Waals surface area contributed by atoms with Crippen LogP contribution in [0.15, 0.2) is 36.4 Å². The number of methoxy groups -OCH3 is 1. The Morgan fingerprint density at radius 3 is 2.48 bits per heavy atom. The summed E-state index contributed by atoms with van der Waals surface area (Å²) < 4.78 is 5.25. The van der Waals surface area contributed by atoms with E-state index in [9.17, 15) is 9.59 Å². The zero-order valence-corrected chi connectivity index (χ0v) is 15.2. The van der Waals surface area contributed by atoms with Crippen molar-refractivity contribution in [1.29, 1.82) is 0 Å². The Balaban J connectivity index is 2.05. The second-order valence-electron chi connectivity index (χ2n) is 5.12. The van der Waals surface area contributed by atoms with Crippen LogP contribution < -0.4 is 20.7 Å². The van der Waals surface area contributed by atoms with Crippen LogP contribution >= 0.6 is 23.2 Å². The lowest BCUT2D eigenvalue weighted by Gasteiger charge is -2.13. The van der Waals surface area contributed by atoms with Gasteiger partial charge < -0.3 is 20.7 Å². The fraction of sp³-hybridized carbons (Fsp3) is 0.176. The Morgan fingerprint density at radius 1 is 1.04 bits per heavy atom. The highest BCUT2D eigenvalue weighted by molar-refractivity contribution is 6.35. The van der Waals surface area contributed by atoms with E-state index in [4.69, 9.17) is 27.9 Å². The summed E-state index contributed by atoms with van der Waals surface area (Å²) in [6.07, 6.45) is 0. The highest BCUT2D eigenvalue weighted by Crippen LogP contribution is 2.28. The van der Waals surface area contributed by atoms with Crippen molar-refractivity contribution >= 4 is 52.1 Å². The minimum Gasteiger partial charge on any atom is -0.495 e. The van der Waals surface area contributed by atoms with Gasteiger partial charge >= 0.3 is 0 Å². The van der Waals surface area contributed by atoms with Crippen molar-refractivity contribution in [3.8, 4) is 5.75 Å². The zero-order chi connectivity index (χ0) is 18.4. The molecular formula is C17H17Cl2N3O3. The number of anilines is 3. The maximum absolute atomic E-state index is 12.1. The molecule has 0 radical (unpaired) electrons. The largest absolute Gasteiger partial charge is 0.495 e. The minimum absolute atomic E-state index is 0.0251. The number of halogens is 2. The minimum atomic E-state index is -0.309. The van der Waals surface area contributed by atoms with Crippen LogP contribution in [0.2, 0.25) is 10.0 Å². The van der Waals surface area contributed by atoms with Crippen LogP contribution in [-0.4, -0.2) is 25.5 Å². The van der Waals surface area contributed by atoms with E-state index >= 15 is 0 Å². The lowest BCUT2D eigenvalue weighted by Crippen LogP contribution is -2.22. The SMILES string of the molecule is COc1ccc(NC(C)=O)cc1NCC(=O)Nc1cc(Cl)ccc1Cl. The standard InChI is InChI=1S/C17H17Cl2N3O3/c1-10(23)21-12-4-6-16(25-2)15(8-12)20-9-17(24)22-14-7-11(18)3-5-13(14)19/h3-8,20H,9H2,1-2H3,(H,21,23)(H,22,24). The molecule has 25 heavy (non-hydrogen) atoms. The van der Waals surface area contributed by atoms with Gasteiger partial charge in [-0.15, -0.1) is 0 Å². The third-order valence-corrected chi connectivity index (χ3v) is 3.73. The number of amides is 2. The van der Waals surface area contributed by atoms with Gasteiger partial charge in [0.05, 0.1) is 30.1 Å². The summed E-state index contributed by atoms with van der Waals surface area (Å²) in [5, 5.41) is 9.18. The topological polar surface area (TPSA) is 79.5 Å². The van der Waals surface area contributed by atoms with Crippen molar-refractivity contribution in [2.45, 2.75) is 6.92 Å². The molecule has 0 aromatic heterocycles. The number of carbonyl (C=O) groups excluding carboxylic acids is 2. The second-order valence-corrected chi connectivity index (χ2v) is 5.97. The molecule has 0 aliphatic heterocycles. The summed E-state index contributed by atoms with van der Waals surface area (Å²) in [7, 11) is 1.52. The van der Waals surface area contributed by atoms with Crippen LogP contribution in [0.3, 0.4) is 0 Å². The maximum Gasteiger partial charge on any atom is 0.243 e. The Kier molecular flexibility index (Phi) is 6.50. The average molecular weight is 382 g/mol. The molecule has 132 valence electrons.